The lowest BCUT2D eigenvalue weighted by atomic mass is 9.87. The van der Waals surface area contributed by atoms with Crippen LogP contribution in [0.5, 0.6) is 5.75 Å². The van der Waals surface area contributed by atoms with Gasteiger partial charge in [0.25, 0.3) is 5.91 Å². The predicted molar refractivity (Wildman–Crippen MR) is 107 cm³/mol. The summed E-state index contributed by atoms with van der Waals surface area (Å²) in [7, 11) is 4.03. The van der Waals surface area contributed by atoms with E-state index in [1.165, 1.54) is 5.56 Å². The number of amides is 1. The second-order valence-corrected chi connectivity index (χ2v) is 7.81. The van der Waals surface area contributed by atoms with Crippen LogP contribution in [0.1, 0.15) is 42.3 Å². The van der Waals surface area contributed by atoms with Gasteiger partial charge in [-0.15, -0.1) is 0 Å². The molecule has 0 bridgehead atoms. The summed E-state index contributed by atoms with van der Waals surface area (Å²) in [6.07, 6.45) is 0. The third-order valence-electron chi connectivity index (χ3n) is 4.17. The number of carbonyl (C=O) groups is 1. The van der Waals surface area contributed by atoms with Crippen molar-refractivity contribution in [1.82, 2.24) is 10.2 Å². The SMILES string of the molecule is CN(C)CCOc1cccc(CNC(=O)c2ccc(C(C)(C)C)cc2)c1. The second kappa shape index (κ2) is 8.86. The Labute approximate surface area is 157 Å². The number of ether oxygens (including phenoxy) is 1. The zero-order valence-corrected chi connectivity index (χ0v) is 16.5. The lowest BCUT2D eigenvalue weighted by molar-refractivity contribution is 0.0951. The Bertz CT molecular complexity index is 716. The van der Waals surface area contributed by atoms with E-state index in [4.69, 9.17) is 4.74 Å². The van der Waals surface area contributed by atoms with Crippen LogP contribution in [-0.2, 0) is 12.0 Å². The highest BCUT2D eigenvalue weighted by Gasteiger charge is 2.14. The number of benzene rings is 2. The number of likely N-dealkylation sites (N-methyl/N-ethyl adjacent to an activating group) is 1. The van der Waals surface area contributed by atoms with Gasteiger partial charge in [-0.1, -0.05) is 45.0 Å². The molecule has 2 aromatic rings. The molecule has 26 heavy (non-hydrogen) atoms. The largest absolute Gasteiger partial charge is 0.492 e. The molecule has 0 radical (unpaired) electrons. The zero-order valence-electron chi connectivity index (χ0n) is 16.5. The van der Waals surface area contributed by atoms with E-state index in [1.54, 1.807) is 0 Å². The van der Waals surface area contributed by atoms with Crippen molar-refractivity contribution in [1.29, 1.82) is 0 Å². The van der Waals surface area contributed by atoms with Crippen molar-refractivity contribution < 1.29 is 9.53 Å². The Hall–Kier alpha value is -2.33. The molecule has 2 aromatic carbocycles. The van der Waals surface area contributed by atoms with E-state index in [0.717, 1.165) is 17.9 Å². The van der Waals surface area contributed by atoms with Gasteiger partial charge < -0.3 is 15.0 Å². The fourth-order valence-electron chi connectivity index (χ4n) is 2.50. The molecule has 0 atom stereocenters. The number of nitrogens with zero attached hydrogens (tertiary/aromatic N) is 1. The van der Waals surface area contributed by atoms with Gasteiger partial charge in [-0.2, -0.15) is 0 Å². The van der Waals surface area contributed by atoms with Crippen LogP contribution in [-0.4, -0.2) is 38.1 Å². The summed E-state index contributed by atoms with van der Waals surface area (Å²) >= 11 is 0. The molecule has 0 aliphatic heterocycles. The molecule has 0 saturated heterocycles. The maximum absolute atomic E-state index is 12.4. The lowest BCUT2D eigenvalue weighted by Gasteiger charge is -2.19. The van der Waals surface area contributed by atoms with E-state index in [2.05, 4.69) is 31.0 Å². The highest BCUT2D eigenvalue weighted by atomic mass is 16.5. The van der Waals surface area contributed by atoms with Gasteiger partial charge in [0.2, 0.25) is 0 Å². The van der Waals surface area contributed by atoms with Crippen molar-refractivity contribution in [3.63, 3.8) is 0 Å². The smallest absolute Gasteiger partial charge is 0.251 e. The molecule has 0 spiro atoms. The molecule has 0 unspecified atom stereocenters. The van der Waals surface area contributed by atoms with Crippen LogP contribution >= 0.6 is 0 Å². The Morgan fingerprint density at radius 2 is 1.77 bits per heavy atom. The number of hydrogen-bond donors (Lipinski definition) is 1. The minimum atomic E-state index is -0.0654. The van der Waals surface area contributed by atoms with Crippen LogP contribution in [0.15, 0.2) is 48.5 Å². The van der Waals surface area contributed by atoms with E-state index in [9.17, 15) is 4.79 Å². The van der Waals surface area contributed by atoms with E-state index in [0.29, 0.717) is 18.7 Å². The third-order valence-corrected chi connectivity index (χ3v) is 4.17. The molecular formula is C22H30N2O2. The van der Waals surface area contributed by atoms with Crippen molar-refractivity contribution in [2.24, 2.45) is 0 Å². The van der Waals surface area contributed by atoms with Crippen molar-refractivity contribution in [2.45, 2.75) is 32.7 Å². The summed E-state index contributed by atoms with van der Waals surface area (Å²) < 4.78 is 5.74. The summed E-state index contributed by atoms with van der Waals surface area (Å²) in [5.41, 5.74) is 3.00. The Morgan fingerprint density at radius 1 is 1.08 bits per heavy atom. The van der Waals surface area contributed by atoms with E-state index in [1.807, 2.05) is 62.6 Å². The highest BCUT2D eigenvalue weighted by molar-refractivity contribution is 5.94. The van der Waals surface area contributed by atoms with Gasteiger partial charge in [0.05, 0.1) is 0 Å². The fourth-order valence-corrected chi connectivity index (χ4v) is 2.50. The lowest BCUT2D eigenvalue weighted by Crippen LogP contribution is -2.23. The first kappa shape index (κ1) is 20.0. The average Bonchev–Trinajstić information content (AvgIpc) is 2.59. The van der Waals surface area contributed by atoms with E-state index in [-0.39, 0.29) is 11.3 Å². The minimum Gasteiger partial charge on any atom is -0.492 e. The molecule has 0 aromatic heterocycles. The molecule has 4 heteroatoms. The molecular weight excluding hydrogens is 324 g/mol. The maximum atomic E-state index is 12.4. The number of carbonyl (C=O) groups excluding carboxylic acids is 1. The van der Waals surface area contributed by atoms with Crippen LogP contribution in [0, 0.1) is 0 Å². The van der Waals surface area contributed by atoms with Gasteiger partial charge in [0.1, 0.15) is 12.4 Å². The monoisotopic (exact) mass is 354 g/mol. The van der Waals surface area contributed by atoms with Gasteiger partial charge in [-0.25, -0.2) is 0 Å². The Kier molecular flexibility index (Phi) is 6.81. The normalized spacial score (nSPS) is 11.5. The first-order chi connectivity index (χ1) is 12.3. The summed E-state index contributed by atoms with van der Waals surface area (Å²) in [5.74, 6) is 0.762. The molecule has 4 nitrogen and oxygen atoms in total. The van der Waals surface area contributed by atoms with Crippen molar-refractivity contribution in [3.8, 4) is 5.75 Å². The van der Waals surface area contributed by atoms with Gasteiger partial charge >= 0.3 is 0 Å². The first-order valence-corrected chi connectivity index (χ1v) is 9.01. The van der Waals surface area contributed by atoms with Crippen molar-refractivity contribution in [2.75, 3.05) is 27.2 Å². The molecule has 1 amide bonds. The summed E-state index contributed by atoms with van der Waals surface area (Å²) in [6, 6.07) is 15.7. The Morgan fingerprint density at radius 3 is 2.38 bits per heavy atom. The molecule has 2 rings (SSSR count). The zero-order chi connectivity index (χ0) is 19.2. The van der Waals surface area contributed by atoms with Crippen LogP contribution in [0.3, 0.4) is 0 Å². The van der Waals surface area contributed by atoms with E-state index >= 15 is 0 Å². The number of hydrogen-bond acceptors (Lipinski definition) is 3. The van der Waals surface area contributed by atoms with Gasteiger partial charge in [0, 0.05) is 18.7 Å². The average molecular weight is 354 g/mol. The second-order valence-electron chi connectivity index (χ2n) is 7.81. The first-order valence-electron chi connectivity index (χ1n) is 9.01. The quantitative estimate of drug-likeness (QED) is 0.821. The minimum absolute atomic E-state index is 0.0654. The predicted octanol–water partition coefficient (Wildman–Crippen LogP) is 3.85. The summed E-state index contributed by atoms with van der Waals surface area (Å²) in [5, 5.41) is 2.97. The molecule has 1 N–H and O–H groups in total. The van der Waals surface area contributed by atoms with Crippen LogP contribution in [0.4, 0.5) is 0 Å². The third kappa shape index (κ3) is 6.19. The molecule has 0 aliphatic carbocycles. The van der Waals surface area contributed by atoms with Crippen LogP contribution < -0.4 is 10.1 Å². The topological polar surface area (TPSA) is 41.6 Å². The number of nitrogens with one attached hydrogen (secondary N) is 1. The van der Waals surface area contributed by atoms with Crippen LogP contribution in [0.25, 0.3) is 0 Å². The number of rotatable bonds is 7. The van der Waals surface area contributed by atoms with E-state index < -0.39 is 0 Å². The van der Waals surface area contributed by atoms with Crippen molar-refractivity contribution >= 4 is 5.91 Å². The van der Waals surface area contributed by atoms with Crippen LogP contribution in [0.2, 0.25) is 0 Å². The molecule has 0 saturated carbocycles. The van der Waals surface area contributed by atoms with Gasteiger partial charge in [-0.3, -0.25) is 4.79 Å². The fraction of sp³-hybridized carbons (Fsp3) is 0.409. The van der Waals surface area contributed by atoms with Crippen molar-refractivity contribution in [3.05, 3.63) is 65.2 Å². The maximum Gasteiger partial charge on any atom is 0.251 e. The van der Waals surface area contributed by atoms with Gasteiger partial charge in [0.15, 0.2) is 0 Å². The standard InChI is InChI=1S/C22H30N2O2/c1-22(2,3)19-11-9-18(10-12-19)21(25)23-16-17-7-6-8-20(15-17)26-14-13-24(4)5/h6-12,15H,13-14,16H2,1-5H3,(H,23,25). The highest BCUT2D eigenvalue weighted by Crippen LogP contribution is 2.22. The molecule has 0 fully saturated rings. The van der Waals surface area contributed by atoms with Gasteiger partial charge in [-0.05, 0) is 54.9 Å². The molecule has 140 valence electrons. The summed E-state index contributed by atoms with van der Waals surface area (Å²) in [4.78, 5) is 14.4. The Balaban J connectivity index is 1.90. The molecule has 0 aliphatic rings. The molecule has 0 heterocycles. The summed E-state index contributed by atoms with van der Waals surface area (Å²) in [6.45, 7) is 8.47.